The number of likely N-dealkylation sites (N-methyl/N-ethyl adjacent to an activating group) is 1. The molecule has 1 aliphatic rings. The number of Topliss-reactive ketones (excluding diaryl/α,β-unsaturated/α-hetero) is 1. The molecule has 1 rings (SSSR count). The first kappa shape index (κ1) is 13.6. The molecule has 11 heavy (non-hydrogen) atoms. The van der Waals surface area contributed by atoms with Crippen LogP contribution in [-0.4, -0.2) is 35.4 Å². The number of rotatable bonds is 1. The molecule has 0 amide bonds. The Kier molecular flexibility index (Phi) is 6.91. The predicted molar refractivity (Wildman–Crippen MR) is 53.0 cm³/mol. The van der Waals surface area contributed by atoms with E-state index in [2.05, 4.69) is 4.90 Å². The third-order valence-corrected chi connectivity index (χ3v) is 2.71. The van der Waals surface area contributed by atoms with Crippen molar-refractivity contribution in [2.75, 3.05) is 18.7 Å². The number of thioether (sulfide) groups is 1. The zero-order valence-electron chi connectivity index (χ0n) is 5.76. The van der Waals surface area contributed by atoms with Crippen molar-refractivity contribution in [1.29, 1.82) is 0 Å². The zero-order chi connectivity index (χ0) is 6.85. The van der Waals surface area contributed by atoms with Crippen LogP contribution in [0.25, 0.3) is 0 Å². The second-order valence-corrected chi connectivity index (χ2v) is 3.38. The normalized spacial score (nSPS) is 23.6. The lowest BCUT2D eigenvalue weighted by atomic mass is 10.2. The lowest BCUT2D eigenvalue weighted by Crippen LogP contribution is -2.32. The van der Waals surface area contributed by atoms with Crippen LogP contribution in [0.5, 0.6) is 0 Å². The fourth-order valence-electron chi connectivity index (χ4n) is 0.953. The smallest absolute Gasteiger partial charge is 0.147 e. The molecule has 3 heteroatoms. The van der Waals surface area contributed by atoms with E-state index in [1.54, 1.807) is 6.92 Å². The summed E-state index contributed by atoms with van der Waals surface area (Å²) in [7, 11) is 1.99. The van der Waals surface area contributed by atoms with E-state index in [-0.39, 0.29) is 20.9 Å². The van der Waals surface area contributed by atoms with Gasteiger partial charge in [0.25, 0.3) is 0 Å². The molecule has 2 nitrogen and oxygen atoms in total. The fraction of sp³-hybridized carbons (Fsp3) is 0.875. The summed E-state index contributed by atoms with van der Waals surface area (Å²) in [6.45, 7) is 1.66. The molecule has 0 N–H and O–H groups in total. The Hall–Kier alpha value is -0.0200. The van der Waals surface area contributed by atoms with E-state index >= 15 is 0 Å². The molecule has 0 aromatic heterocycles. The van der Waals surface area contributed by atoms with Gasteiger partial charge in [0.1, 0.15) is 5.78 Å². The second-order valence-electron chi connectivity index (χ2n) is 2.38. The van der Waals surface area contributed by atoms with E-state index in [1.165, 1.54) is 0 Å². The summed E-state index contributed by atoms with van der Waals surface area (Å²) in [5.41, 5.74) is 0. The zero-order valence-corrected chi connectivity index (χ0v) is 6.57. The van der Waals surface area contributed by atoms with Crippen LogP contribution >= 0.6 is 11.8 Å². The van der Waals surface area contributed by atoms with Gasteiger partial charge in [0.05, 0.1) is 6.04 Å². The molecule has 1 atom stereocenters. The number of hydrogen-bond donors (Lipinski definition) is 0. The molecule has 0 radical (unpaired) electrons. The summed E-state index contributed by atoms with van der Waals surface area (Å²) in [5, 5.41) is 0. The van der Waals surface area contributed by atoms with Gasteiger partial charge in [-0.1, -0.05) is 14.9 Å². The van der Waals surface area contributed by atoms with Gasteiger partial charge < -0.3 is 0 Å². The quantitative estimate of drug-likeness (QED) is 0.609. The number of hydrogen-bond acceptors (Lipinski definition) is 3. The molecule has 1 heterocycles. The number of carbonyl (C=O) groups is 1. The molecule has 0 aromatic rings. The van der Waals surface area contributed by atoms with Gasteiger partial charge in [0.2, 0.25) is 0 Å². The van der Waals surface area contributed by atoms with E-state index in [0.717, 1.165) is 11.6 Å². The first-order valence-electron chi connectivity index (χ1n) is 3.00. The minimum atomic E-state index is 0. The topological polar surface area (TPSA) is 20.3 Å². The van der Waals surface area contributed by atoms with E-state index in [1.807, 2.05) is 18.8 Å². The van der Waals surface area contributed by atoms with Gasteiger partial charge in [0, 0.05) is 11.6 Å². The summed E-state index contributed by atoms with van der Waals surface area (Å²) in [6.07, 6.45) is 0. The molecule has 0 bridgehead atoms. The molecule has 0 saturated carbocycles. The first-order valence-corrected chi connectivity index (χ1v) is 4.15. The van der Waals surface area contributed by atoms with Crippen LogP contribution in [-0.2, 0) is 4.79 Å². The molecule has 1 aliphatic heterocycles. The molecule has 0 unspecified atom stereocenters. The fourth-order valence-corrected chi connectivity index (χ4v) is 2.24. The number of ketones is 1. The lowest BCUT2D eigenvalue weighted by molar-refractivity contribution is -0.120. The van der Waals surface area contributed by atoms with Crippen molar-refractivity contribution in [2.24, 2.45) is 0 Å². The Labute approximate surface area is 74.3 Å². The monoisotopic (exact) mass is 177 g/mol. The van der Waals surface area contributed by atoms with E-state index in [4.69, 9.17) is 0 Å². The molecule has 0 aromatic carbocycles. The van der Waals surface area contributed by atoms with Crippen LogP contribution < -0.4 is 0 Å². The molecule has 68 valence electrons. The van der Waals surface area contributed by atoms with Crippen LogP contribution in [0.1, 0.15) is 21.8 Å². The maximum atomic E-state index is 10.8. The highest BCUT2D eigenvalue weighted by Crippen LogP contribution is 2.18. The van der Waals surface area contributed by atoms with Gasteiger partial charge in [0.15, 0.2) is 0 Å². The second kappa shape index (κ2) is 5.61. The maximum Gasteiger partial charge on any atom is 0.147 e. The summed E-state index contributed by atoms with van der Waals surface area (Å²) >= 11 is 1.82. The van der Waals surface area contributed by atoms with Crippen LogP contribution in [0.2, 0.25) is 0 Å². The van der Waals surface area contributed by atoms with Crippen molar-refractivity contribution in [3.05, 3.63) is 0 Å². The highest BCUT2D eigenvalue weighted by molar-refractivity contribution is 7.99. The summed E-state index contributed by atoms with van der Waals surface area (Å²) in [5.74, 6) is 2.28. The van der Waals surface area contributed by atoms with E-state index in [0.29, 0.717) is 5.78 Å². The average molecular weight is 177 g/mol. The van der Waals surface area contributed by atoms with E-state index in [9.17, 15) is 4.79 Å². The summed E-state index contributed by atoms with van der Waals surface area (Å²) in [4.78, 5) is 12.9. The van der Waals surface area contributed by atoms with Gasteiger partial charge in [-0.05, 0) is 14.0 Å². The summed E-state index contributed by atoms with van der Waals surface area (Å²) in [6, 6.07) is 0.190. The van der Waals surface area contributed by atoms with Crippen LogP contribution in [0, 0.1) is 0 Å². The summed E-state index contributed by atoms with van der Waals surface area (Å²) < 4.78 is 0. The standard InChI is InChI=1S/C6H11NOS.2CH4/c1-5(8)6-3-9-4-7(6)2;;/h6H,3-4H2,1-2H3;2*1H4/t6-;;/m0../s1. The third-order valence-electron chi connectivity index (χ3n) is 1.57. The molecule has 0 aliphatic carbocycles. The highest BCUT2D eigenvalue weighted by Gasteiger charge is 2.24. The van der Waals surface area contributed by atoms with Crippen molar-refractivity contribution in [2.45, 2.75) is 27.8 Å². The minimum Gasteiger partial charge on any atom is -0.298 e. The molecule has 1 fully saturated rings. The minimum absolute atomic E-state index is 0. The lowest BCUT2D eigenvalue weighted by Gasteiger charge is -2.13. The Balaban J connectivity index is 0. The van der Waals surface area contributed by atoms with Gasteiger partial charge in [-0.15, -0.1) is 11.8 Å². The Morgan fingerprint density at radius 1 is 1.55 bits per heavy atom. The SMILES string of the molecule is C.C.CC(=O)[C@@H]1CSCN1C. The molecular weight excluding hydrogens is 158 g/mol. The largest absolute Gasteiger partial charge is 0.298 e. The van der Waals surface area contributed by atoms with Gasteiger partial charge in [-0.25, -0.2) is 0 Å². The maximum absolute atomic E-state index is 10.8. The molecular formula is C8H19NOS. The average Bonchev–Trinajstić information content (AvgIpc) is 2.13. The molecule has 1 saturated heterocycles. The van der Waals surface area contributed by atoms with Crippen LogP contribution in [0.4, 0.5) is 0 Å². The van der Waals surface area contributed by atoms with Crippen molar-refractivity contribution < 1.29 is 4.79 Å². The first-order chi connectivity index (χ1) is 4.22. The van der Waals surface area contributed by atoms with Crippen molar-refractivity contribution in [3.63, 3.8) is 0 Å². The predicted octanol–water partition coefficient (Wildman–Crippen LogP) is 1.85. The van der Waals surface area contributed by atoms with Crippen molar-refractivity contribution in [1.82, 2.24) is 4.90 Å². The Morgan fingerprint density at radius 3 is 2.27 bits per heavy atom. The highest BCUT2D eigenvalue weighted by atomic mass is 32.2. The van der Waals surface area contributed by atoms with Crippen LogP contribution in [0.3, 0.4) is 0 Å². The van der Waals surface area contributed by atoms with E-state index < -0.39 is 0 Å². The third kappa shape index (κ3) is 3.25. The Bertz CT molecular complexity index is 127. The number of carbonyl (C=O) groups excluding carboxylic acids is 1. The van der Waals surface area contributed by atoms with Crippen molar-refractivity contribution in [3.8, 4) is 0 Å². The van der Waals surface area contributed by atoms with Crippen LogP contribution in [0.15, 0.2) is 0 Å². The Morgan fingerprint density at radius 2 is 2.09 bits per heavy atom. The van der Waals surface area contributed by atoms with Gasteiger partial charge >= 0.3 is 0 Å². The van der Waals surface area contributed by atoms with Gasteiger partial charge in [-0.2, -0.15) is 0 Å². The van der Waals surface area contributed by atoms with Gasteiger partial charge in [-0.3, -0.25) is 9.69 Å². The number of nitrogens with zero attached hydrogens (tertiary/aromatic N) is 1. The van der Waals surface area contributed by atoms with Crippen molar-refractivity contribution >= 4 is 17.5 Å². The molecule has 0 spiro atoms.